The largest absolute Gasteiger partial charge is 0.466 e. The number of ether oxygens (including phenoxy) is 1. The summed E-state index contributed by atoms with van der Waals surface area (Å²) in [5.41, 5.74) is 0.685. The zero-order chi connectivity index (χ0) is 8.69. The zero-order valence-electron chi connectivity index (χ0n) is 7.09. The van der Waals surface area contributed by atoms with Crippen LogP contribution in [-0.4, -0.2) is 13.1 Å². The summed E-state index contributed by atoms with van der Waals surface area (Å²) in [6, 6.07) is 0. The van der Waals surface area contributed by atoms with Gasteiger partial charge in [0.15, 0.2) is 0 Å². The van der Waals surface area contributed by atoms with E-state index in [1.54, 1.807) is 12.2 Å². The molecule has 0 bridgehead atoms. The lowest BCUT2D eigenvalue weighted by molar-refractivity contribution is -0.136. The lowest BCUT2D eigenvalue weighted by atomic mass is 10.1. The monoisotopic (exact) mass is 154 g/mol. The molecule has 0 saturated heterocycles. The maximum Gasteiger partial charge on any atom is 0.333 e. The van der Waals surface area contributed by atoms with Crippen LogP contribution in [0, 0.1) is 0 Å². The molecule has 0 N–H and O–H groups in total. The fourth-order valence-corrected chi connectivity index (χ4v) is 0.796. The minimum Gasteiger partial charge on any atom is -0.466 e. The van der Waals surface area contributed by atoms with Crippen LogP contribution in [0.15, 0.2) is 24.3 Å². The number of allylic oxidation sites excluding steroid dienone is 2. The van der Waals surface area contributed by atoms with Crippen molar-refractivity contribution >= 4 is 5.97 Å². The Morgan fingerprint density at radius 3 is 2.64 bits per heavy atom. The third-order valence-corrected chi connectivity index (χ3v) is 1.29. The van der Waals surface area contributed by atoms with E-state index < -0.39 is 0 Å². The molecule has 0 aromatic carbocycles. The summed E-state index contributed by atoms with van der Waals surface area (Å²) < 4.78 is 4.56. The van der Waals surface area contributed by atoms with Crippen molar-refractivity contribution in [2.24, 2.45) is 0 Å². The number of hydrogen-bond acceptors (Lipinski definition) is 2. The van der Waals surface area contributed by atoms with Gasteiger partial charge in [-0.3, -0.25) is 0 Å². The van der Waals surface area contributed by atoms with Crippen molar-refractivity contribution in [2.75, 3.05) is 7.11 Å². The van der Waals surface area contributed by atoms with E-state index >= 15 is 0 Å². The smallest absolute Gasteiger partial charge is 0.333 e. The van der Waals surface area contributed by atoms with Crippen molar-refractivity contribution in [3.63, 3.8) is 0 Å². The molecule has 0 heterocycles. The van der Waals surface area contributed by atoms with Gasteiger partial charge in [-0.15, -0.1) is 0 Å². The van der Waals surface area contributed by atoms with E-state index in [2.05, 4.69) is 11.3 Å². The Morgan fingerprint density at radius 1 is 1.64 bits per heavy atom. The predicted molar refractivity (Wildman–Crippen MR) is 45.2 cm³/mol. The van der Waals surface area contributed by atoms with Gasteiger partial charge in [-0.25, -0.2) is 4.79 Å². The van der Waals surface area contributed by atoms with Crippen LogP contribution in [0.2, 0.25) is 0 Å². The molecule has 0 aliphatic heterocycles. The standard InChI is InChI=1S/C9H14O2/c1-4-6-8(7-5-2)9(10)11-3/h4,6H,1,5,7H2,2-3H3. The molecule has 0 aromatic rings. The number of carbonyl (C=O) groups is 1. The minimum absolute atomic E-state index is 0.258. The van der Waals surface area contributed by atoms with Gasteiger partial charge < -0.3 is 4.74 Å². The van der Waals surface area contributed by atoms with Crippen LogP contribution in [-0.2, 0) is 9.53 Å². The van der Waals surface area contributed by atoms with Crippen LogP contribution in [0.5, 0.6) is 0 Å². The molecule has 0 radical (unpaired) electrons. The first kappa shape index (κ1) is 9.95. The number of hydrogen-bond donors (Lipinski definition) is 0. The summed E-state index contributed by atoms with van der Waals surface area (Å²) in [6.45, 7) is 5.53. The summed E-state index contributed by atoms with van der Waals surface area (Å²) in [6.07, 6.45) is 4.98. The predicted octanol–water partition coefficient (Wildman–Crippen LogP) is 2.07. The molecule has 11 heavy (non-hydrogen) atoms. The number of methoxy groups -OCH3 is 1. The van der Waals surface area contributed by atoms with Gasteiger partial charge in [0.1, 0.15) is 0 Å². The van der Waals surface area contributed by atoms with Gasteiger partial charge >= 0.3 is 5.97 Å². The molecule has 0 atom stereocenters. The van der Waals surface area contributed by atoms with Crippen LogP contribution in [0.4, 0.5) is 0 Å². The minimum atomic E-state index is -0.258. The van der Waals surface area contributed by atoms with Gasteiger partial charge in [-0.2, -0.15) is 0 Å². The Kier molecular flexibility index (Phi) is 5.17. The molecular weight excluding hydrogens is 140 g/mol. The van der Waals surface area contributed by atoms with Gasteiger partial charge in [0, 0.05) is 5.57 Å². The lowest BCUT2D eigenvalue weighted by Gasteiger charge is -2.00. The topological polar surface area (TPSA) is 26.3 Å². The van der Waals surface area contributed by atoms with Crippen LogP contribution >= 0.6 is 0 Å². The van der Waals surface area contributed by atoms with Gasteiger partial charge in [0.05, 0.1) is 7.11 Å². The Hall–Kier alpha value is -1.05. The Bertz CT molecular complexity index is 168. The molecule has 0 spiro atoms. The van der Waals surface area contributed by atoms with Crippen molar-refractivity contribution in [1.29, 1.82) is 0 Å². The van der Waals surface area contributed by atoms with Gasteiger partial charge in [0.25, 0.3) is 0 Å². The van der Waals surface area contributed by atoms with Crippen molar-refractivity contribution in [2.45, 2.75) is 19.8 Å². The molecule has 0 aromatic heterocycles. The van der Waals surface area contributed by atoms with Crippen LogP contribution in [0.3, 0.4) is 0 Å². The molecular formula is C9H14O2. The van der Waals surface area contributed by atoms with Crippen molar-refractivity contribution in [1.82, 2.24) is 0 Å². The van der Waals surface area contributed by atoms with E-state index in [0.29, 0.717) is 5.57 Å². The maximum absolute atomic E-state index is 11.0. The lowest BCUT2D eigenvalue weighted by Crippen LogP contribution is -2.03. The second-order valence-electron chi connectivity index (χ2n) is 2.17. The molecule has 0 aliphatic carbocycles. The third-order valence-electron chi connectivity index (χ3n) is 1.29. The fourth-order valence-electron chi connectivity index (χ4n) is 0.796. The SMILES string of the molecule is C=CC=C(CCC)C(=O)OC. The molecule has 0 fully saturated rings. The fraction of sp³-hybridized carbons (Fsp3) is 0.444. The van der Waals surface area contributed by atoms with E-state index in [9.17, 15) is 4.79 Å². The number of esters is 1. The summed E-state index contributed by atoms with van der Waals surface area (Å²) in [5, 5.41) is 0. The second-order valence-corrected chi connectivity index (χ2v) is 2.17. The zero-order valence-corrected chi connectivity index (χ0v) is 7.09. The summed E-state index contributed by atoms with van der Waals surface area (Å²) in [5.74, 6) is -0.258. The first-order valence-electron chi connectivity index (χ1n) is 3.66. The summed E-state index contributed by atoms with van der Waals surface area (Å²) in [4.78, 5) is 11.0. The molecule has 2 heteroatoms. The summed E-state index contributed by atoms with van der Waals surface area (Å²) in [7, 11) is 1.38. The van der Waals surface area contributed by atoms with Crippen molar-refractivity contribution in [3.8, 4) is 0 Å². The molecule has 62 valence electrons. The Morgan fingerprint density at radius 2 is 2.27 bits per heavy atom. The van der Waals surface area contributed by atoms with E-state index in [-0.39, 0.29) is 5.97 Å². The molecule has 0 unspecified atom stereocenters. The molecule has 0 saturated carbocycles. The van der Waals surface area contributed by atoms with E-state index in [1.165, 1.54) is 7.11 Å². The third kappa shape index (κ3) is 3.61. The average Bonchev–Trinajstić information content (AvgIpc) is 2.03. The van der Waals surface area contributed by atoms with E-state index in [1.807, 2.05) is 6.92 Å². The quantitative estimate of drug-likeness (QED) is 0.352. The summed E-state index contributed by atoms with van der Waals surface area (Å²) >= 11 is 0. The Labute approximate surface area is 67.6 Å². The van der Waals surface area contributed by atoms with Crippen molar-refractivity contribution < 1.29 is 9.53 Å². The molecule has 0 aliphatic rings. The van der Waals surface area contributed by atoms with Crippen molar-refractivity contribution in [3.05, 3.63) is 24.3 Å². The number of rotatable bonds is 4. The first-order chi connectivity index (χ1) is 5.26. The van der Waals surface area contributed by atoms with Gasteiger partial charge in [-0.05, 0) is 6.42 Å². The highest BCUT2D eigenvalue weighted by atomic mass is 16.5. The Balaban J connectivity index is 4.20. The highest BCUT2D eigenvalue weighted by Gasteiger charge is 2.05. The van der Waals surface area contributed by atoms with E-state index in [4.69, 9.17) is 0 Å². The highest BCUT2D eigenvalue weighted by molar-refractivity contribution is 5.88. The first-order valence-corrected chi connectivity index (χ1v) is 3.66. The van der Waals surface area contributed by atoms with E-state index in [0.717, 1.165) is 12.8 Å². The van der Waals surface area contributed by atoms with Gasteiger partial charge in [-0.1, -0.05) is 32.1 Å². The van der Waals surface area contributed by atoms with Gasteiger partial charge in [0.2, 0.25) is 0 Å². The van der Waals surface area contributed by atoms with Crippen LogP contribution in [0.25, 0.3) is 0 Å². The molecule has 0 amide bonds. The maximum atomic E-state index is 11.0. The number of carbonyl (C=O) groups excluding carboxylic acids is 1. The highest BCUT2D eigenvalue weighted by Crippen LogP contribution is 2.06. The van der Waals surface area contributed by atoms with Crippen LogP contribution in [0.1, 0.15) is 19.8 Å². The second kappa shape index (κ2) is 5.71. The average molecular weight is 154 g/mol. The molecule has 0 rings (SSSR count). The normalized spacial score (nSPS) is 10.9. The van der Waals surface area contributed by atoms with Crippen LogP contribution < -0.4 is 0 Å². The molecule has 2 nitrogen and oxygen atoms in total.